The van der Waals surface area contributed by atoms with Gasteiger partial charge in [-0.05, 0) is 64.9 Å². The summed E-state index contributed by atoms with van der Waals surface area (Å²) < 4.78 is 13.2. The third kappa shape index (κ3) is 7.92. The number of rotatable bonds is 14. The van der Waals surface area contributed by atoms with E-state index in [1.807, 2.05) is 66.7 Å². The number of terminal acetylenes is 1. The highest BCUT2D eigenvalue weighted by molar-refractivity contribution is 5.91. The monoisotopic (exact) mass is 704 g/mol. The Hall–Kier alpha value is -5.74. The van der Waals surface area contributed by atoms with Crippen LogP contribution in [-0.2, 0) is 32.2 Å². The molecule has 1 aliphatic carbocycles. The lowest BCUT2D eigenvalue weighted by molar-refractivity contribution is -0.142. The summed E-state index contributed by atoms with van der Waals surface area (Å²) in [6, 6.07) is 23.8. The molecule has 4 atom stereocenters. The lowest BCUT2D eigenvalue weighted by Crippen LogP contribution is -2.58. The maximum Gasteiger partial charge on any atom is 0.410 e. The number of amides is 3. The molecule has 52 heavy (non-hydrogen) atoms. The minimum atomic E-state index is -1.07. The van der Waals surface area contributed by atoms with Gasteiger partial charge in [-0.15, -0.1) is 6.42 Å². The van der Waals surface area contributed by atoms with E-state index in [0.29, 0.717) is 25.6 Å². The van der Waals surface area contributed by atoms with Gasteiger partial charge >= 0.3 is 6.09 Å². The molecule has 6 rings (SSSR count). The van der Waals surface area contributed by atoms with Crippen molar-refractivity contribution in [3.63, 3.8) is 0 Å². The number of anilines is 1. The fraction of sp³-hybridized carbons (Fsp3) is 0.385. The molecule has 4 aromatic rings. The summed E-state index contributed by atoms with van der Waals surface area (Å²) in [5, 5.41) is 18.3. The fourth-order valence-electron chi connectivity index (χ4n) is 6.88. The number of tetrazole rings is 1. The van der Waals surface area contributed by atoms with Crippen LogP contribution in [0.5, 0.6) is 0 Å². The van der Waals surface area contributed by atoms with Gasteiger partial charge in [0.25, 0.3) is 0 Å². The van der Waals surface area contributed by atoms with Crippen LogP contribution in [-0.4, -0.2) is 99.0 Å². The highest BCUT2D eigenvalue weighted by Crippen LogP contribution is 2.44. The maximum absolute atomic E-state index is 14.2. The molecule has 0 radical (unpaired) electrons. The third-order valence-corrected chi connectivity index (χ3v) is 9.92. The van der Waals surface area contributed by atoms with E-state index in [9.17, 15) is 14.4 Å². The van der Waals surface area contributed by atoms with Crippen LogP contribution in [0.25, 0.3) is 11.1 Å². The van der Waals surface area contributed by atoms with Crippen molar-refractivity contribution in [1.29, 1.82) is 0 Å². The molecule has 1 aromatic heterocycles. The summed E-state index contributed by atoms with van der Waals surface area (Å²) in [6.45, 7) is 4.74. The van der Waals surface area contributed by atoms with Gasteiger partial charge in [-0.25, -0.2) is 9.48 Å². The molecule has 1 unspecified atom stereocenters. The van der Waals surface area contributed by atoms with Crippen LogP contribution >= 0.6 is 0 Å². The van der Waals surface area contributed by atoms with Gasteiger partial charge in [0.05, 0.1) is 18.7 Å². The first-order chi connectivity index (χ1) is 25.3. The average molecular weight is 705 g/mol. The second kappa shape index (κ2) is 16.5. The second-order valence-corrected chi connectivity index (χ2v) is 13.1. The van der Waals surface area contributed by atoms with Crippen molar-refractivity contribution in [1.82, 2.24) is 35.3 Å². The van der Waals surface area contributed by atoms with E-state index in [1.165, 1.54) is 11.9 Å². The van der Waals surface area contributed by atoms with E-state index >= 15 is 0 Å². The molecule has 1 aliphatic heterocycles. The van der Waals surface area contributed by atoms with Crippen LogP contribution < -0.4 is 10.6 Å². The fourth-order valence-corrected chi connectivity index (χ4v) is 6.88. The number of carbonyl (C=O) groups excluding carboxylic acids is 3. The van der Waals surface area contributed by atoms with E-state index < -0.39 is 30.2 Å². The summed E-state index contributed by atoms with van der Waals surface area (Å²) in [4.78, 5) is 44.2. The van der Waals surface area contributed by atoms with Crippen molar-refractivity contribution in [2.45, 2.75) is 69.9 Å². The molecule has 1 saturated heterocycles. The Morgan fingerprint density at radius 3 is 2.37 bits per heavy atom. The zero-order valence-corrected chi connectivity index (χ0v) is 29.6. The first-order valence-electron chi connectivity index (χ1n) is 17.5. The summed E-state index contributed by atoms with van der Waals surface area (Å²) in [5.41, 5.74) is 5.50. The number of fused-ring (bicyclic) bond motifs is 3. The number of hydrogen-bond acceptors (Lipinski definition) is 9. The van der Waals surface area contributed by atoms with Crippen LogP contribution in [0, 0.1) is 12.3 Å². The minimum Gasteiger partial charge on any atom is -0.448 e. The zero-order chi connectivity index (χ0) is 36.6. The molecule has 0 spiro atoms. The van der Waals surface area contributed by atoms with Gasteiger partial charge in [-0.1, -0.05) is 89.9 Å². The Kier molecular flexibility index (Phi) is 11.5. The van der Waals surface area contributed by atoms with Gasteiger partial charge in [0.2, 0.25) is 17.8 Å². The number of carbonyl (C=O) groups is 3. The van der Waals surface area contributed by atoms with Crippen LogP contribution in [0.2, 0.25) is 0 Å². The van der Waals surface area contributed by atoms with Crippen LogP contribution in [0.3, 0.4) is 0 Å². The second-order valence-electron chi connectivity index (χ2n) is 13.1. The summed E-state index contributed by atoms with van der Waals surface area (Å²) in [5.74, 6) is 1.94. The van der Waals surface area contributed by atoms with Crippen LogP contribution in [0.4, 0.5) is 10.7 Å². The van der Waals surface area contributed by atoms with E-state index in [0.717, 1.165) is 40.7 Å². The normalized spacial score (nSPS) is 16.6. The number of ether oxygens (including phenoxy) is 2. The Balaban J connectivity index is 1.09. The Morgan fingerprint density at radius 1 is 1.00 bits per heavy atom. The molecular formula is C39H44N8O5. The molecule has 1 fully saturated rings. The number of nitrogens with zero attached hydrogens (tertiary/aromatic N) is 6. The largest absolute Gasteiger partial charge is 0.448 e. The summed E-state index contributed by atoms with van der Waals surface area (Å²) in [6.07, 6.45) is 5.55. The first-order valence-corrected chi connectivity index (χ1v) is 17.5. The Labute approximate surface area is 303 Å². The molecular weight excluding hydrogens is 660 g/mol. The van der Waals surface area contributed by atoms with Crippen molar-refractivity contribution in [2.24, 2.45) is 0 Å². The number of benzene rings is 3. The SMILES string of the molecule is C#CCOC(C)[C@H](NC(=O)[C@H](C)N(C)C(=O)OCC1c2ccccc2-c2ccccc21)C(=O)N1CCC[C@H]1Cn1nnnc1NCc1ccccc1. The van der Waals surface area contributed by atoms with Gasteiger partial charge in [0.1, 0.15) is 25.3 Å². The van der Waals surface area contributed by atoms with Gasteiger partial charge in [0.15, 0.2) is 0 Å². The van der Waals surface area contributed by atoms with Gasteiger partial charge in [-0.2, -0.15) is 0 Å². The van der Waals surface area contributed by atoms with Crippen LogP contribution in [0.1, 0.15) is 49.3 Å². The maximum atomic E-state index is 14.2. The van der Waals surface area contributed by atoms with E-state index in [4.69, 9.17) is 15.9 Å². The smallest absolute Gasteiger partial charge is 0.410 e. The van der Waals surface area contributed by atoms with Crippen molar-refractivity contribution in [3.8, 4) is 23.5 Å². The van der Waals surface area contributed by atoms with Gasteiger partial charge in [0, 0.05) is 26.1 Å². The molecule has 0 saturated carbocycles. The molecule has 13 nitrogen and oxygen atoms in total. The topological polar surface area (TPSA) is 144 Å². The Bertz CT molecular complexity index is 1860. The number of aromatic nitrogens is 4. The molecule has 0 bridgehead atoms. The van der Waals surface area contributed by atoms with Crippen molar-refractivity contribution in [2.75, 3.05) is 32.1 Å². The molecule has 270 valence electrons. The summed E-state index contributed by atoms with van der Waals surface area (Å²) >= 11 is 0. The lowest BCUT2D eigenvalue weighted by atomic mass is 9.98. The van der Waals surface area contributed by atoms with Gasteiger partial charge < -0.3 is 25.0 Å². The molecule has 2 N–H and O–H groups in total. The highest BCUT2D eigenvalue weighted by Gasteiger charge is 2.39. The predicted molar refractivity (Wildman–Crippen MR) is 195 cm³/mol. The third-order valence-electron chi connectivity index (χ3n) is 9.92. The molecule has 3 aromatic carbocycles. The zero-order valence-electron chi connectivity index (χ0n) is 29.6. The van der Waals surface area contributed by atoms with Crippen molar-refractivity contribution >= 4 is 23.9 Å². The van der Waals surface area contributed by atoms with E-state index in [2.05, 4.69) is 44.2 Å². The quantitative estimate of drug-likeness (QED) is 0.186. The predicted octanol–water partition coefficient (Wildman–Crippen LogP) is 4.07. The number of likely N-dealkylation sites (N-methyl/N-ethyl adjacent to an activating group) is 1. The molecule has 2 heterocycles. The molecule has 13 heteroatoms. The first kappa shape index (κ1) is 36.1. The number of hydrogen-bond donors (Lipinski definition) is 2. The lowest BCUT2D eigenvalue weighted by Gasteiger charge is -2.33. The number of nitrogens with one attached hydrogen (secondary N) is 2. The van der Waals surface area contributed by atoms with E-state index in [-0.39, 0.29) is 31.1 Å². The average Bonchev–Trinajstić information content (AvgIpc) is 3.91. The standard InChI is InChI=1S/C39H44N8O5/c1-5-22-51-27(3)35(37(49)46-21-13-16-29(46)24-47-38(42-43-44-47)40-23-28-14-7-6-8-15-28)41-36(48)26(2)45(4)39(50)52-25-34-32-19-11-9-17-30(32)31-18-10-12-20-33(31)34/h1,6-12,14-15,17-20,26-27,29,34-35H,13,16,21-25H2,2-4H3,(H,41,48)(H,40,42,44)/t26-,27?,29-,35-/m0/s1. The van der Waals surface area contributed by atoms with Gasteiger partial charge in [-0.3, -0.25) is 14.5 Å². The van der Waals surface area contributed by atoms with Crippen LogP contribution in [0.15, 0.2) is 78.9 Å². The Morgan fingerprint density at radius 2 is 1.67 bits per heavy atom. The minimum absolute atomic E-state index is 0.0411. The van der Waals surface area contributed by atoms with Crippen molar-refractivity contribution in [3.05, 3.63) is 95.6 Å². The molecule has 2 aliphatic rings. The molecule has 3 amide bonds. The number of likely N-dealkylation sites (tertiary alicyclic amines) is 1. The highest BCUT2D eigenvalue weighted by atomic mass is 16.6. The van der Waals surface area contributed by atoms with E-state index in [1.54, 1.807) is 23.4 Å². The van der Waals surface area contributed by atoms with Crippen molar-refractivity contribution < 1.29 is 23.9 Å². The summed E-state index contributed by atoms with van der Waals surface area (Å²) in [7, 11) is 1.50.